The molecule has 1 aromatic carbocycles. The fourth-order valence-electron chi connectivity index (χ4n) is 3.79. The van der Waals surface area contributed by atoms with Crippen molar-refractivity contribution in [2.75, 3.05) is 0 Å². The number of phenolic OH excluding ortho intramolecular Hbond substituents is 1. The Morgan fingerprint density at radius 3 is 1.96 bits per heavy atom. The van der Waals surface area contributed by atoms with Gasteiger partial charge in [0.15, 0.2) is 0 Å². The highest BCUT2D eigenvalue weighted by atomic mass is 16.3. The lowest BCUT2D eigenvalue weighted by Gasteiger charge is -2.28. The molecule has 1 amide bonds. The van der Waals surface area contributed by atoms with E-state index in [0.29, 0.717) is 24.6 Å². The molecule has 0 saturated heterocycles. The molecule has 1 aliphatic carbocycles. The number of benzene rings is 1. The Balaban J connectivity index is 2.14. The number of aromatic hydroxyl groups is 1. The van der Waals surface area contributed by atoms with Gasteiger partial charge < -0.3 is 10.4 Å². The largest absolute Gasteiger partial charge is 0.507 e. The van der Waals surface area contributed by atoms with E-state index in [-0.39, 0.29) is 16.7 Å². The van der Waals surface area contributed by atoms with Gasteiger partial charge in [0.05, 0.1) is 0 Å². The second kappa shape index (κ2) is 8.02. The summed E-state index contributed by atoms with van der Waals surface area (Å²) in [6.07, 6.45) is 7.21. The fourth-order valence-corrected chi connectivity index (χ4v) is 3.79. The standard InChI is InChI=1S/C23H37NO2/c1-22(2,3)18-14-16(15-19(21(18)26)23(4,5)6)12-13-20(25)24-17-10-8-7-9-11-17/h14-15,17,26H,7-13H2,1-6H3,(H,24,25). The van der Waals surface area contributed by atoms with Crippen molar-refractivity contribution < 1.29 is 9.90 Å². The topological polar surface area (TPSA) is 49.3 Å². The van der Waals surface area contributed by atoms with Crippen molar-refractivity contribution >= 4 is 5.91 Å². The Kier molecular flexibility index (Phi) is 6.42. The lowest BCUT2D eigenvalue weighted by Crippen LogP contribution is -2.36. The lowest BCUT2D eigenvalue weighted by molar-refractivity contribution is -0.121. The molecule has 1 saturated carbocycles. The summed E-state index contributed by atoms with van der Waals surface area (Å²) >= 11 is 0. The van der Waals surface area contributed by atoms with Crippen LogP contribution in [0.15, 0.2) is 12.1 Å². The normalized spacial score (nSPS) is 16.5. The number of hydrogen-bond donors (Lipinski definition) is 2. The van der Waals surface area contributed by atoms with Crippen LogP contribution in [0.2, 0.25) is 0 Å². The molecule has 2 N–H and O–H groups in total. The zero-order chi connectivity index (χ0) is 19.5. The summed E-state index contributed by atoms with van der Waals surface area (Å²) in [4.78, 5) is 12.4. The van der Waals surface area contributed by atoms with Gasteiger partial charge in [-0.1, -0.05) is 72.9 Å². The first kappa shape index (κ1) is 20.8. The number of carbonyl (C=O) groups is 1. The van der Waals surface area contributed by atoms with E-state index in [1.807, 2.05) is 0 Å². The number of amides is 1. The summed E-state index contributed by atoms with van der Waals surface area (Å²) < 4.78 is 0. The highest BCUT2D eigenvalue weighted by Gasteiger charge is 2.26. The van der Waals surface area contributed by atoms with E-state index in [0.717, 1.165) is 29.5 Å². The monoisotopic (exact) mass is 359 g/mol. The van der Waals surface area contributed by atoms with E-state index >= 15 is 0 Å². The third-order valence-corrected chi connectivity index (χ3v) is 5.40. The van der Waals surface area contributed by atoms with Gasteiger partial charge in [-0.05, 0) is 46.8 Å². The molecule has 0 atom stereocenters. The van der Waals surface area contributed by atoms with Crippen LogP contribution in [0.25, 0.3) is 0 Å². The minimum absolute atomic E-state index is 0.134. The first-order valence-corrected chi connectivity index (χ1v) is 10.1. The summed E-state index contributed by atoms with van der Waals surface area (Å²) in [6, 6.07) is 4.53. The molecule has 0 heterocycles. The van der Waals surface area contributed by atoms with E-state index < -0.39 is 0 Å². The van der Waals surface area contributed by atoms with Crippen LogP contribution in [-0.4, -0.2) is 17.1 Å². The summed E-state index contributed by atoms with van der Waals surface area (Å²) in [7, 11) is 0. The average Bonchev–Trinajstić information content (AvgIpc) is 2.52. The minimum atomic E-state index is -0.134. The summed E-state index contributed by atoms with van der Waals surface area (Å²) in [6.45, 7) is 12.7. The van der Waals surface area contributed by atoms with E-state index in [1.54, 1.807) is 0 Å². The smallest absolute Gasteiger partial charge is 0.220 e. The highest BCUT2D eigenvalue weighted by molar-refractivity contribution is 5.76. The second-order valence-electron chi connectivity index (χ2n) is 9.94. The fraction of sp³-hybridized carbons (Fsp3) is 0.696. The third-order valence-electron chi connectivity index (χ3n) is 5.40. The van der Waals surface area contributed by atoms with Crippen molar-refractivity contribution in [2.45, 2.75) is 103 Å². The van der Waals surface area contributed by atoms with Crippen LogP contribution in [0.1, 0.15) is 96.8 Å². The Morgan fingerprint density at radius 1 is 1.00 bits per heavy atom. The quantitative estimate of drug-likeness (QED) is 0.759. The van der Waals surface area contributed by atoms with Crippen molar-refractivity contribution in [1.82, 2.24) is 5.32 Å². The van der Waals surface area contributed by atoms with Gasteiger partial charge in [0, 0.05) is 12.5 Å². The van der Waals surface area contributed by atoms with Gasteiger partial charge >= 0.3 is 0 Å². The van der Waals surface area contributed by atoms with Crippen molar-refractivity contribution in [2.24, 2.45) is 0 Å². The van der Waals surface area contributed by atoms with Crippen LogP contribution in [0.3, 0.4) is 0 Å². The second-order valence-corrected chi connectivity index (χ2v) is 9.94. The van der Waals surface area contributed by atoms with Gasteiger partial charge in [-0.3, -0.25) is 4.79 Å². The molecule has 1 aromatic rings. The van der Waals surface area contributed by atoms with Gasteiger partial charge in [0.1, 0.15) is 5.75 Å². The summed E-state index contributed by atoms with van der Waals surface area (Å²) in [5.41, 5.74) is 2.80. The molecule has 0 spiro atoms. The SMILES string of the molecule is CC(C)(C)c1cc(CCC(=O)NC2CCCCC2)cc(C(C)(C)C)c1O. The predicted molar refractivity (Wildman–Crippen MR) is 109 cm³/mol. The molecule has 0 aliphatic heterocycles. The van der Waals surface area contributed by atoms with Crippen molar-refractivity contribution in [3.63, 3.8) is 0 Å². The first-order chi connectivity index (χ1) is 12.0. The average molecular weight is 360 g/mol. The Bertz CT molecular complexity index is 594. The van der Waals surface area contributed by atoms with E-state index in [2.05, 4.69) is 59.0 Å². The predicted octanol–water partition coefficient (Wildman–Crippen LogP) is 5.37. The van der Waals surface area contributed by atoms with Crippen molar-refractivity contribution in [1.29, 1.82) is 0 Å². The summed E-state index contributed by atoms with van der Waals surface area (Å²) in [5.74, 6) is 0.556. The van der Waals surface area contributed by atoms with Gasteiger partial charge in [0.25, 0.3) is 0 Å². The molecular weight excluding hydrogens is 322 g/mol. The highest BCUT2D eigenvalue weighted by Crippen LogP contribution is 2.40. The maximum Gasteiger partial charge on any atom is 0.220 e. The molecule has 0 radical (unpaired) electrons. The van der Waals surface area contributed by atoms with Crippen LogP contribution in [-0.2, 0) is 22.0 Å². The molecule has 1 aliphatic rings. The van der Waals surface area contributed by atoms with Gasteiger partial charge in [-0.15, -0.1) is 0 Å². The first-order valence-electron chi connectivity index (χ1n) is 10.1. The number of phenols is 1. The molecule has 0 unspecified atom stereocenters. The maximum absolute atomic E-state index is 12.4. The van der Waals surface area contributed by atoms with Gasteiger partial charge in [-0.25, -0.2) is 0 Å². The zero-order valence-corrected chi connectivity index (χ0v) is 17.5. The van der Waals surface area contributed by atoms with Crippen LogP contribution in [0.4, 0.5) is 0 Å². The lowest BCUT2D eigenvalue weighted by atomic mass is 9.78. The van der Waals surface area contributed by atoms with Crippen molar-refractivity contribution in [3.05, 3.63) is 28.8 Å². The van der Waals surface area contributed by atoms with Crippen LogP contribution in [0, 0.1) is 0 Å². The van der Waals surface area contributed by atoms with Crippen molar-refractivity contribution in [3.8, 4) is 5.75 Å². The Morgan fingerprint density at radius 2 is 1.50 bits per heavy atom. The number of carbonyl (C=O) groups excluding carboxylic acids is 1. The minimum Gasteiger partial charge on any atom is -0.507 e. The van der Waals surface area contributed by atoms with Crippen LogP contribution < -0.4 is 5.32 Å². The molecule has 1 fully saturated rings. The molecule has 3 heteroatoms. The Hall–Kier alpha value is -1.51. The number of aryl methyl sites for hydroxylation is 1. The van der Waals surface area contributed by atoms with Gasteiger partial charge in [-0.2, -0.15) is 0 Å². The van der Waals surface area contributed by atoms with E-state index in [4.69, 9.17) is 0 Å². The molecule has 26 heavy (non-hydrogen) atoms. The Labute approximate surface area is 159 Å². The van der Waals surface area contributed by atoms with Crippen LogP contribution >= 0.6 is 0 Å². The van der Waals surface area contributed by atoms with E-state index in [1.165, 1.54) is 19.3 Å². The molecule has 2 rings (SSSR count). The van der Waals surface area contributed by atoms with E-state index in [9.17, 15) is 9.90 Å². The molecule has 0 aromatic heterocycles. The molecule has 0 bridgehead atoms. The number of hydrogen-bond acceptors (Lipinski definition) is 2. The number of nitrogens with one attached hydrogen (secondary N) is 1. The zero-order valence-electron chi connectivity index (χ0n) is 17.5. The molecule has 146 valence electrons. The third kappa shape index (κ3) is 5.49. The molecule has 3 nitrogen and oxygen atoms in total. The maximum atomic E-state index is 12.4. The van der Waals surface area contributed by atoms with Crippen LogP contribution in [0.5, 0.6) is 5.75 Å². The summed E-state index contributed by atoms with van der Waals surface area (Å²) in [5, 5.41) is 14.0. The molecular formula is C23H37NO2. The van der Waals surface area contributed by atoms with Gasteiger partial charge in [0.2, 0.25) is 5.91 Å². The number of rotatable bonds is 4.